The van der Waals surface area contributed by atoms with Gasteiger partial charge in [0.25, 0.3) is 0 Å². The third-order valence-corrected chi connectivity index (χ3v) is 18.3. The Morgan fingerprint density at radius 1 is 0.300 bits per heavy atom. The second-order valence-electron chi connectivity index (χ2n) is 27.1. The van der Waals surface area contributed by atoms with Gasteiger partial charge in [-0.25, -0.2) is 9.13 Å². The third-order valence-electron chi connectivity index (χ3n) is 16.4. The fourth-order valence-electron chi connectivity index (χ4n) is 10.7. The molecule has 0 aromatic rings. The highest BCUT2D eigenvalue weighted by molar-refractivity contribution is 7.47. The Kier molecular flexibility index (Phi) is 60.6. The molecule has 0 saturated heterocycles. The lowest BCUT2D eigenvalue weighted by Gasteiger charge is -2.21. The maximum Gasteiger partial charge on any atom is 0.472 e. The van der Waals surface area contributed by atoms with Crippen molar-refractivity contribution < 1.29 is 80.2 Å². The fourth-order valence-corrected chi connectivity index (χ4v) is 12.3. The van der Waals surface area contributed by atoms with Gasteiger partial charge >= 0.3 is 39.5 Å². The summed E-state index contributed by atoms with van der Waals surface area (Å²) in [5.41, 5.74) is 0. The number of hydrogen-bond donors (Lipinski definition) is 3. The van der Waals surface area contributed by atoms with Crippen molar-refractivity contribution in [3.63, 3.8) is 0 Å². The smallest absolute Gasteiger partial charge is 0.462 e. The fraction of sp³-hybridized carbons (Fsp3) is 0.944. The second kappa shape index (κ2) is 61.9. The van der Waals surface area contributed by atoms with E-state index in [1.54, 1.807) is 0 Å². The summed E-state index contributed by atoms with van der Waals surface area (Å²) in [4.78, 5) is 72.4. The highest BCUT2D eigenvalue weighted by Crippen LogP contribution is 2.45. The first kappa shape index (κ1) is 88.1. The average molecular weight is 1330 g/mol. The van der Waals surface area contributed by atoms with E-state index < -0.39 is 97.5 Å². The molecule has 0 rings (SSSR count). The predicted octanol–water partition coefficient (Wildman–Crippen LogP) is 20.2. The van der Waals surface area contributed by atoms with Crippen molar-refractivity contribution in [3.05, 3.63) is 0 Å². The van der Waals surface area contributed by atoms with E-state index in [0.29, 0.717) is 31.6 Å². The highest BCUT2D eigenvalue weighted by atomic mass is 31.2. The first-order valence-corrected chi connectivity index (χ1v) is 39.8. The zero-order valence-electron chi connectivity index (χ0n) is 58.6. The molecule has 90 heavy (non-hydrogen) atoms. The number of ether oxygens (including phenoxy) is 4. The molecule has 0 spiro atoms. The maximum absolute atomic E-state index is 13.0. The summed E-state index contributed by atoms with van der Waals surface area (Å²) in [6.45, 7) is 11.8. The largest absolute Gasteiger partial charge is 0.472 e. The highest BCUT2D eigenvalue weighted by Gasteiger charge is 2.30. The standard InChI is InChI=1S/C71H138O17P2/c1-8-9-10-11-12-31-38-45-52-68(73)81-58-67(88-71(76)55-48-41-34-27-30-37-44-51-64(6)7)61-86-90(79,80)84-57-65(72)56-83-89(77,78)85-60-66(59-82-69(74)53-46-39-32-26-25-29-36-43-50-63(4)5)87-70(75)54-47-40-33-24-22-20-18-16-14-13-15-17-19-21-23-28-35-42-49-62(2)3/h62-67,72H,8-61H2,1-7H3,(H,77,78)(H,79,80)/t65-,66-,67-/m1/s1. The quantitative estimate of drug-likeness (QED) is 0.0222. The summed E-state index contributed by atoms with van der Waals surface area (Å²) in [6, 6.07) is 0. The number of carbonyl (C=O) groups is 4. The number of aliphatic hydroxyl groups excluding tert-OH is 1. The van der Waals surface area contributed by atoms with Crippen molar-refractivity contribution in [2.45, 2.75) is 375 Å². The SMILES string of the molecule is CCCCCCCCCCC(=O)OC[C@H](COP(=O)(O)OC[C@H](O)COP(=O)(O)OC[C@@H](COC(=O)CCCCCCCCCCC(C)C)OC(=O)CCCCCCCCCCCCCCCCCCCCC(C)C)OC(=O)CCCCCCCCCC(C)C. The van der Waals surface area contributed by atoms with E-state index in [4.69, 9.17) is 37.0 Å². The average Bonchev–Trinajstić information content (AvgIpc) is 2.84. The number of phosphoric acid groups is 2. The van der Waals surface area contributed by atoms with Crippen LogP contribution in [0.5, 0.6) is 0 Å². The topological polar surface area (TPSA) is 237 Å². The molecular weight excluding hydrogens is 1190 g/mol. The van der Waals surface area contributed by atoms with Gasteiger partial charge in [0.15, 0.2) is 12.2 Å². The van der Waals surface area contributed by atoms with Gasteiger partial charge in [-0.15, -0.1) is 0 Å². The van der Waals surface area contributed by atoms with E-state index >= 15 is 0 Å². The molecule has 534 valence electrons. The minimum absolute atomic E-state index is 0.103. The Hall–Kier alpha value is -1.94. The number of carbonyl (C=O) groups excluding carboxylic acids is 4. The van der Waals surface area contributed by atoms with Gasteiger partial charge in [-0.2, -0.15) is 0 Å². The Labute approximate surface area is 549 Å². The summed E-state index contributed by atoms with van der Waals surface area (Å²) in [5, 5.41) is 10.6. The molecule has 0 aliphatic rings. The molecule has 0 heterocycles. The van der Waals surface area contributed by atoms with Crippen LogP contribution in [0.1, 0.15) is 357 Å². The molecule has 3 N–H and O–H groups in total. The van der Waals surface area contributed by atoms with Gasteiger partial charge in [-0.3, -0.25) is 37.3 Å². The van der Waals surface area contributed by atoms with Crippen LogP contribution in [0.3, 0.4) is 0 Å². The maximum atomic E-state index is 13.0. The van der Waals surface area contributed by atoms with Crippen LogP contribution >= 0.6 is 15.6 Å². The molecule has 0 bridgehead atoms. The minimum atomic E-state index is -4.95. The number of esters is 4. The molecule has 0 saturated carbocycles. The molecule has 0 aliphatic heterocycles. The third kappa shape index (κ3) is 64.8. The summed E-state index contributed by atoms with van der Waals surface area (Å²) >= 11 is 0. The molecule has 2 unspecified atom stereocenters. The molecular formula is C71H138O17P2. The minimum Gasteiger partial charge on any atom is -0.462 e. The molecule has 0 fully saturated rings. The number of rotatable bonds is 69. The zero-order valence-corrected chi connectivity index (χ0v) is 60.4. The van der Waals surface area contributed by atoms with E-state index in [-0.39, 0.29) is 25.7 Å². The number of hydrogen-bond acceptors (Lipinski definition) is 15. The lowest BCUT2D eigenvalue weighted by molar-refractivity contribution is -0.161. The first-order chi connectivity index (χ1) is 43.2. The van der Waals surface area contributed by atoms with E-state index in [9.17, 15) is 43.2 Å². The Morgan fingerprint density at radius 3 is 0.756 bits per heavy atom. The van der Waals surface area contributed by atoms with Gasteiger partial charge in [0.2, 0.25) is 0 Å². The molecule has 0 radical (unpaired) electrons. The molecule has 0 aromatic carbocycles. The van der Waals surface area contributed by atoms with Gasteiger partial charge in [0, 0.05) is 25.7 Å². The predicted molar refractivity (Wildman–Crippen MR) is 363 cm³/mol. The van der Waals surface area contributed by atoms with Crippen LogP contribution in [-0.2, 0) is 65.4 Å². The van der Waals surface area contributed by atoms with Gasteiger partial charge in [-0.1, -0.05) is 305 Å². The van der Waals surface area contributed by atoms with E-state index in [0.717, 1.165) is 108 Å². The Balaban J connectivity index is 5.15. The summed E-state index contributed by atoms with van der Waals surface area (Å²) < 4.78 is 68.2. The van der Waals surface area contributed by atoms with Gasteiger partial charge in [-0.05, 0) is 43.4 Å². The number of unbranched alkanes of at least 4 members (excludes halogenated alkanes) is 37. The van der Waals surface area contributed by atoms with Gasteiger partial charge in [0.1, 0.15) is 19.3 Å². The lowest BCUT2D eigenvalue weighted by Crippen LogP contribution is -2.30. The van der Waals surface area contributed by atoms with Crippen molar-refractivity contribution in [1.82, 2.24) is 0 Å². The van der Waals surface area contributed by atoms with E-state index in [1.165, 1.54) is 161 Å². The number of phosphoric ester groups is 2. The van der Waals surface area contributed by atoms with Crippen molar-refractivity contribution in [1.29, 1.82) is 0 Å². The van der Waals surface area contributed by atoms with Crippen molar-refractivity contribution >= 4 is 39.5 Å². The van der Waals surface area contributed by atoms with Crippen LogP contribution in [0.15, 0.2) is 0 Å². The molecule has 0 aliphatic carbocycles. The van der Waals surface area contributed by atoms with Crippen LogP contribution in [0.2, 0.25) is 0 Å². The van der Waals surface area contributed by atoms with Crippen LogP contribution in [0.25, 0.3) is 0 Å². The molecule has 17 nitrogen and oxygen atoms in total. The Morgan fingerprint density at radius 2 is 0.511 bits per heavy atom. The molecule has 5 atom stereocenters. The number of aliphatic hydroxyl groups is 1. The molecule has 0 amide bonds. The van der Waals surface area contributed by atoms with Crippen LogP contribution < -0.4 is 0 Å². The normalized spacial score (nSPS) is 14.2. The lowest BCUT2D eigenvalue weighted by atomic mass is 10.0. The van der Waals surface area contributed by atoms with Crippen molar-refractivity contribution in [2.24, 2.45) is 17.8 Å². The van der Waals surface area contributed by atoms with Crippen LogP contribution in [-0.4, -0.2) is 96.7 Å². The van der Waals surface area contributed by atoms with Crippen molar-refractivity contribution in [2.75, 3.05) is 39.6 Å². The first-order valence-electron chi connectivity index (χ1n) is 36.8. The second-order valence-corrected chi connectivity index (χ2v) is 30.0. The monoisotopic (exact) mass is 1320 g/mol. The van der Waals surface area contributed by atoms with E-state index in [1.807, 2.05) is 0 Å². The molecule has 0 aromatic heterocycles. The van der Waals surface area contributed by atoms with Crippen LogP contribution in [0, 0.1) is 17.8 Å². The summed E-state index contributed by atoms with van der Waals surface area (Å²) in [7, 11) is -9.90. The summed E-state index contributed by atoms with van der Waals surface area (Å²) in [5.74, 6) is 0.111. The van der Waals surface area contributed by atoms with Gasteiger partial charge in [0.05, 0.1) is 26.4 Å². The Bertz CT molecular complexity index is 1770. The van der Waals surface area contributed by atoms with E-state index in [2.05, 4.69) is 48.5 Å². The molecule has 19 heteroatoms. The summed E-state index contributed by atoms with van der Waals surface area (Å²) in [6.07, 6.45) is 46.2. The zero-order chi connectivity index (χ0) is 66.6. The van der Waals surface area contributed by atoms with Crippen molar-refractivity contribution in [3.8, 4) is 0 Å². The van der Waals surface area contributed by atoms with Gasteiger partial charge < -0.3 is 33.8 Å². The van der Waals surface area contributed by atoms with Crippen LogP contribution in [0.4, 0.5) is 0 Å².